The minimum absolute atomic E-state index is 0.353. The van der Waals surface area contributed by atoms with E-state index in [9.17, 15) is 33.2 Å². The molecule has 0 saturated carbocycles. The molecular weight excluding hydrogens is 355 g/mol. The van der Waals surface area contributed by atoms with Gasteiger partial charge in [0.05, 0.1) is 12.5 Å². The first kappa shape index (κ1) is 23.1. The monoisotopic (exact) mass is 376 g/mol. The molecular formula is C14H21FN4O7. The van der Waals surface area contributed by atoms with E-state index in [1.807, 2.05) is 5.32 Å². The Morgan fingerprint density at radius 3 is 2.00 bits per heavy atom. The zero-order valence-corrected chi connectivity index (χ0v) is 14.0. The van der Waals surface area contributed by atoms with Gasteiger partial charge in [0.25, 0.3) is 0 Å². The smallest absolute Gasteiger partial charge is 0.303 e. The van der Waals surface area contributed by atoms with Crippen LogP contribution < -0.4 is 22.1 Å². The second kappa shape index (κ2) is 10.9. The van der Waals surface area contributed by atoms with E-state index in [2.05, 4.69) is 5.32 Å². The fourth-order valence-electron chi connectivity index (χ4n) is 1.78. The average Bonchev–Trinajstić information content (AvgIpc) is 2.55. The van der Waals surface area contributed by atoms with Crippen LogP contribution in [0.5, 0.6) is 0 Å². The normalized spacial score (nSPS) is 13.8. The van der Waals surface area contributed by atoms with E-state index in [4.69, 9.17) is 16.6 Å². The van der Waals surface area contributed by atoms with Gasteiger partial charge in [-0.05, 0) is 13.3 Å². The molecule has 0 fully saturated rings. The largest absolute Gasteiger partial charge is 0.481 e. The van der Waals surface area contributed by atoms with Crippen molar-refractivity contribution in [3.8, 4) is 0 Å². The van der Waals surface area contributed by atoms with E-state index in [1.165, 1.54) is 6.92 Å². The highest BCUT2D eigenvalue weighted by Crippen LogP contribution is 2.03. The van der Waals surface area contributed by atoms with Crippen molar-refractivity contribution < 1.29 is 38.3 Å². The van der Waals surface area contributed by atoms with Crippen molar-refractivity contribution in [3.63, 3.8) is 0 Å². The molecule has 0 aromatic heterocycles. The summed E-state index contributed by atoms with van der Waals surface area (Å²) in [6.45, 7) is -0.311. The number of amides is 3. The second-order valence-corrected chi connectivity index (χ2v) is 5.43. The molecule has 26 heavy (non-hydrogen) atoms. The fourth-order valence-corrected chi connectivity index (χ4v) is 1.78. The molecule has 0 aromatic carbocycles. The van der Waals surface area contributed by atoms with Gasteiger partial charge in [-0.15, -0.1) is 0 Å². The SMILES string of the molecule is C[C@H](N)C(=O)N[C@@H](CCC(=O)O)C(=O)N[C@@H](CC(N)=O)C(=O)C(=O)CF. The van der Waals surface area contributed by atoms with Gasteiger partial charge in [0.1, 0.15) is 12.1 Å². The molecule has 0 spiro atoms. The van der Waals surface area contributed by atoms with Gasteiger partial charge in [-0.2, -0.15) is 0 Å². The topological polar surface area (TPSA) is 199 Å². The van der Waals surface area contributed by atoms with Crippen molar-refractivity contribution in [3.05, 3.63) is 0 Å². The predicted octanol–water partition coefficient (Wildman–Crippen LogP) is -2.85. The number of aliphatic carboxylic acids is 1. The van der Waals surface area contributed by atoms with Gasteiger partial charge in [-0.3, -0.25) is 28.8 Å². The summed E-state index contributed by atoms with van der Waals surface area (Å²) in [5.74, 6) is -6.97. The average molecular weight is 376 g/mol. The highest BCUT2D eigenvalue weighted by Gasteiger charge is 2.31. The van der Waals surface area contributed by atoms with E-state index in [-0.39, 0.29) is 6.42 Å². The van der Waals surface area contributed by atoms with Crippen molar-refractivity contribution in [2.24, 2.45) is 11.5 Å². The van der Waals surface area contributed by atoms with Gasteiger partial charge >= 0.3 is 5.97 Å². The molecule has 0 rings (SSSR count). The summed E-state index contributed by atoms with van der Waals surface area (Å²) >= 11 is 0. The first-order valence-electron chi connectivity index (χ1n) is 7.49. The molecule has 0 aliphatic heterocycles. The standard InChI is InChI=1S/C14H21FN4O7/c1-6(16)13(25)18-7(2-3-11(22)23)14(26)19-8(4-10(17)21)12(24)9(20)5-15/h6-8H,2-5,16H2,1H3,(H2,17,21)(H,18,25)(H,19,26)(H,22,23)/t6-,7-,8-/m0/s1. The molecule has 0 aliphatic rings. The summed E-state index contributed by atoms with van der Waals surface area (Å²) < 4.78 is 12.4. The van der Waals surface area contributed by atoms with Crippen molar-refractivity contribution in [2.75, 3.05) is 6.67 Å². The van der Waals surface area contributed by atoms with Crippen LogP contribution in [0.25, 0.3) is 0 Å². The number of halogens is 1. The molecule has 3 amide bonds. The van der Waals surface area contributed by atoms with E-state index in [0.717, 1.165) is 0 Å². The Morgan fingerprint density at radius 1 is 1.04 bits per heavy atom. The van der Waals surface area contributed by atoms with E-state index in [0.29, 0.717) is 0 Å². The lowest BCUT2D eigenvalue weighted by molar-refractivity contribution is -0.140. The van der Waals surface area contributed by atoms with Crippen LogP contribution in [0.4, 0.5) is 4.39 Å². The number of nitrogens with one attached hydrogen (secondary N) is 2. The molecule has 0 unspecified atom stereocenters. The number of hydrogen-bond donors (Lipinski definition) is 5. The minimum atomic E-state index is -1.73. The van der Waals surface area contributed by atoms with Crippen LogP contribution in [0, 0.1) is 0 Å². The van der Waals surface area contributed by atoms with Crippen LogP contribution in [0.3, 0.4) is 0 Å². The molecule has 0 aromatic rings. The molecule has 0 heterocycles. The van der Waals surface area contributed by atoms with E-state index < -0.39 is 72.9 Å². The number of carbonyl (C=O) groups excluding carboxylic acids is 5. The maximum Gasteiger partial charge on any atom is 0.303 e. The van der Waals surface area contributed by atoms with Crippen LogP contribution in [0.2, 0.25) is 0 Å². The summed E-state index contributed by atoms with van der Waals surface area (Å²) in [5, 5.41) is 12.9. The van der Waals surface area contributed by atoms with Gasteiger partial charge in [0.2, 0.25) is 29.3 Å². The molecule has 0 bridgehead atoms. The minimum Gasteiger partial charge on any atom is -0.481 e. The van der Waals surface area contributed by atoms with E-state index in [1.54, 1.807) is 0 Å². The van der Waals surface area contributed by atoms with Crippen LogP contribution >= 0.6 is 0 Å². The molecule has 146 valence electrons. The Bertz CT molecular complexity index is 594. The molecule has 0 aliphatic carbocycles. The number of carbonyl (C=O) groups is 6. The van der Waals surface area contributed by atoms with Crippen molar-refractivity contribution in [2.45, 2.75) is 44.3 Å². The maximum atomic E-state index is 12.4. The summed E-state index contributed by atoms with van der Waals surface area (Å²) in [5.41, 5.74) is 10.3. The highest BCUT2D eigenvalue weighted by molar-refractivity contribution is 6.40. The first-order chi connectivity index (χ1) is 12.0. The Balaban J connectivity index is 5.31. The lowest BCUT2D eigenvalue weighted by Gasteiger charge is -2.22. The number of nitrogens with two attached hydrogens (primary N) is 2. The van der Waals surface area contributed by atoms with Crippen molar-refractivity contribution in [1.82, 2.24) is 10.6 Å². The number of alkyl halides is 1. The zero-order chi connectivity index (χ0) is 20.4. The number of hydrogen-bond acceptors (Lipinski definition) is 7. The molecule has 12 heteroatoms. The Labute approximate surface area is 147 Å². The fraction of sp³-hybridized carbons (Fsp3) is 0.571. The maximum absolute atomic E-state index is 12.4. The quantitative estimate of drug-likeness (QED) is 0.224. The van der Waals surface area contributed by atoms with Gasteiger partial charge in [-0.1, -0.05) is 0 Å². The zero-order valence-electron chi connectivity index (χ0n) is 14.0. The Morgan fingerprint density at radius 2 is 1.58 bits per heavy atom. The molecule has 0 radical (unpaired) electrons. The third kappa shape index (κ3) is 8.28. The van der Waals surface area contributed by atoms with Crippen LogP contribution in [-0.4, -0.2) is 65.2 Å². The van der Waals surface area contributed by atoms with Crippen molar-refractivity contribution >= 4 is 35.3 Å². The second-order valence-electron chi connectivity index (χ2n) is 5.43. The van der Waals surface area contributed by atoms with E-state index >= 15 is 0 Å². The van der Waals surface area contributed by atoms with Crippen LogP contribution in [0.15, 0.2) is 0 Å². The predicted molar refractivity (Wildman–Crippen MR) is 84.2 cm³/mol. The number of rotatable bonds is 12. The summed E-state index contributed by atoms with van der Waals surface area (Å²) in [6.07, 6.45) is -1.63. The van der Waals surface area contributed by atoms with Crippen molar-refractivity contribution in [1.29, 1.82) is 0 Å². The molecule has 11 nitrogen and oxygen atoms in total. The number of ketones is 2. The van der Waals surface area contributed by atoms with Gasteiger partial charge < -0.3 is 27.2 Å². The third-order valence-electron chi connectivity index (χ3n) is 3.13. The lowest BCUT2D eigenvalue weighted by atomic mass is 10.0. The molecule has 3 atom stereocenters. The van der Waals surface area contributed by atoms with Gasteiger partial charge in [0.15, 0.2) is 6.67 Å². The summed E-state index contributed by atoms with van der Waals surface area (Å²) in [6, 6.07) is -4.15. The Hall–Kier alpha value is -2.89. The van der Waals surface area contributed by atoms with Gasteiger partial charge in [0, 0.05) is 6.42 Å². The number of primary amides is 1. The number of Topliss-reactive ketones (excluding diaryl/α,β-unsaturated/α-hetero) is 2. The van der Waals surface area contributed by atoms with Gasteiger partial charge in [-0.25, -0.2) is 4.39 Å². The molecule has 7 N–H and O–H groups in total. The molecule has 0 saturated heterocycles. The third-order valence-corrected chi connectivity index (χ3v) is 3.13. The number of carboxylic acids is 1. The lowest BCUT2D eigenvalue weighted by Crippen LogP contribution is -2.55. The summed E-state index contributed by atoms with van der Waals surface area (Å²) in [7, 11) is 0. The number of carboxylic acid groups (broad SMARTS) is 1. The highest BCUT2D eigenvalue weighted by atomic mass is 19.1. The Kier molecular flexibility index (Phi) is 9.66. The van der Waals surface area contributed by atoms with Crippen LogP contribution in [-0.2, 0) is 28.8 Å². The first-order valence-corrected chi connectivity index (χ1v) is 7.49. The van der Waals surface area contributed by atoms with Crippen LogP contribution in [0.1, 0.15) is 26.2 Å². The summed E-state index contributed by atoms with van der Waals surface area (Å²) in [4.78, 5) is 68.5.